The first kappa shape index (κ1) is 18.8. The van der Waals surface area contributed by atoms with Crippen LogP contribution in [0.3, 0.4) is 0 Å². The lowest BCUT2D eigenvalue weighted by Gasteiger charge is -2.30. The minimum absolute atomic E-state index is 0.316. The molecule has 0 aliphatic rings. The highest BCUT2D eigenvalue weighted by molar-refractivity contribution is 5.39. The van der Waals surface area contributed by atoms with Gasteiger partial charge >= 0.3 is 0 Å². The zero-order chi connectivity index (χ0) is 16.4. The summed E-state index contributed by atoms with van der Waals surface area (Å²) in [7, 11) is 1.68. The molecule has 0 saturated carbocycles. The molecule has 0 spiro atoms. The number of hydrogen-bond acceptors (Lipinski definition) is 3. The van der Waals surface area contributed by atoms with Crippen LogP contribution >= 0.6 is 0 Å². The summed E-state index contributed by atoms with van der Waals surface area (Å²) < 4.78 is 11.2. The molecule has 0 aliphatic carbocycles. The van der Waals surface area contributed by atoms with Gasteiger partial charge in [-0.05, 0) is 30.5 Å². The van der Waals surface area contributed by atoms with E-state index >= 15 is 0 Å². The molecule has 0 saturated heterocycles. The number of benzene rings is 1. The first-order chi connectivity index (χ1) is 10.5. The fraction of sp³-hybridized carbons (Fsp3) is 0.684. The highest BCUT2D eigenvalue weighted by atomic mass is 16.5. The SMILES string of the molecule is CCCCCN(CCOc1ccccc1OC)CC(C)(C)C. The first-order valence-corrected chi connectivity index (χ1v) is 8.44. The lowest BCUT2D eigenvalue weighted by atomic mass is 9.96. The van der Waals surface area contributed by atoms with E-state index in [1.807, 2.05) is 24.3 Å². The van der Waals surface area contributed by atoms with Crippen LogP contribution in [0, 0.1) is 5.41 Å². The summed E-state index contributed by atoms with van der Waals surface area (Å²) in [6, 6.07) is 7.84. The Morgan fingerprint density at radius 2 is 1.68 bits per heavy atom. The number of hydrogen-bond donors (Lipinski definition) is 0. The topological polar surface area (TPSA) is 21.7 Å². The standard InChI is InChI=1S/C19H33NO2/c1-6-7-10-13-20(16-19(2,3)4)14-15-22-18-12-9-8-11-17(18)21-5/h8-9,11-12H,6-7,10,13-16H2,1-5H3. The number of nitrogens with zero attached hydrogens (tertiary/aromatic N) is 1. The van der Waals surface area contributed by atoms with Gasteiger partial charge in [0.25, 0.3) is 0 Å². The van der Waals surface area contributed by atoms with Crippen molar-refractivity contribution >= 4 is 0 Å². The molecule has 3 heteroatoms. The van der Waals surface area contributed by atoms with Crippen molar-refractivity contribution in [2.75, 3.05) is 33.4 Å². The van der Waals surface area contributed by atoms with E-state index in [0.717, 1.165) is 31.1 Å². The third-order valence-electron chi connectivity index (χ3n) is 3.51. The Morgan fingerprint density at radius 3 is 2.27 bits per heavy atom. The Bertz CT molecular complexity index is 412. The molecule has 0 bridgehead atoms. The summed E-state index contributed by atoms with van der Waals surface area (Å²) in [6.07, 6.45) is 3.83. The maximum atomic E-state index is 5.91. The minimum Gasteiger partial charge on any atom is -0.493 e. The number of para-hydroxylation sites is 2. The van der Waals surface area contributed by atoms with Crippen LogP contribution in [0.25, 0.3) is 0 Å². The van der Waals surface area contributed by atoms with Gasteiger partial charge in [-0.25, -0.2) is 0 Å². The van der Waals surface area contributed by atoms with Gasteiger partial charge < -0.3 is 9.47 Å². The maximum Gasteiger partial charge on any atom is 0.161 e. The summed E-state index contributed by atoms with van der Waals surface area (Å²) in [5.74, 6) is 1.63. The summed E-state index contributed by atoms with van der Waals surface area (Å²) in [5.41, 5.74) is 0.316. The van der Waals surface area contributed by atoms with Crippen molar-refractivity contribution in [1.82, 2.24) is 4.90 Å². The number of methoxy groups -OCH3 is 1. The fourth-order valence-electron chi connectivity index (χ4n) is 2.55. The van der Waals surface area contributed by atoms with Crippen LogP contribution in [0.2, 0.25) is 0 Å². The average Bonchev–Trinajstić information content (AvgIpc) is 2.46. The van der Waals surface area contributed by atoms with Gasteiger partial charge in [-0.1, -0.05) is 52.7 Å². The van der Waals surface area contributed by atoms with Gasteiger partial charge in [-0.2, -0.15) is 0 Å². The molecular weight excluding hydrogens is 274 g/mol. The highest BCUT2D eigenvalue weighted by Gasteiger charge is 2.16. The van der Waals surface area contributed by atoms with Crippen LogP contribution in [0.5, 0.6) is 11.5 Å². The van der Waals surface area contributed by atoms with Gasteiger partial charge in [0.15, 0.2) is 11.5 Å². The molecular formula is C19H33NO2. The van der Waals surface area contributed by atoms with E-state index < -0.39 is 0 Å². The monoisotopic (exact) mass is 307 g/mol. The van der Waals surface area contributed by atoms with Gasteiger partial charge in [0, 0.05) is 13.1 Å². The second-order valence-corrected chi connectivity index (χ2v) is 7.04. The zero-order valence-corrected chi connectivity index (χ0v) is 15.0. The molecule has 1 rings (SSSR count). The quantitative estimate of drug-likeness (QED) is 0.589. The molecule has 22 heavy (non-hydrogen) atoms. The molecule has 0 amide bonds. The Morgan fingerprint density at radius 1 is 1.00 bits per heavy atom. The van der Waals surface area contributed by atoms with Crippen molar-refractivity contribution in [2.45, 2.75) is 47.0 Å². The normalized spacial score (nSPS) is 11.7. The van der Waals surface area contributed by atoms with Crippen molar-refractivity contribution in [3.63, 3.8) is 0 Å². The van der Waals surface area contributed by atoms with E-state index in [9.17, 15) is 0 Å². The molecule has 0 aromatic heterocycles. The van der Waals surface area contributed by atoms with E-state index in [2.05, 4.69) is 32.6 Å². The van der Waals surface area contributed by atoms with Crippen LogP contribution in [0.15, 0.2) is 24.3 Å². The van der Waals surface area contributed by atoms with Gasteiger partial charge in [-0.15, -0.1) is 0 Å². The van der Waals surface area contributed by atoms with Crippen molar-refractivity contribution in [2.24, 2.45) is 5.41 Å². The first-order valence-electron chi connectivity index (χ1n) is 8.44. The Balaban J connectivity index is 2.47. The molecule has 0 N–H and O–H groups in total. The van der Waals surface area contributed by atoms with Crippen LogP contribution in [-0.2, 0) is 0 Å². The number of rotatable bonds is 10. The molecule has 0 heterocycles. The van der Waals surface area contributed by atoms with Crippen LogP contribution < -0.4 is 9.47 Å². The molecule has 0 atom stereocenters. The van der Waals surface area contributed by atoms with Crippen LogP contribution in [0.4, 0.5) is 0 Å². The third kappa shape index (κ3) is 7.69. The molecule has 1 aromatic carbocycles. The minimum atomic E-state index is 0.316. The largest absolute Gasteiger partial charge is 0.493 e. The van der Waals surface area contributed by atoms with Gasteiger partial charge in [0.05, 0.1) is 7.11 Å². The Hall–Kier alpha value is -1.22. The molecule has 0 aliphatic heterocycles. The van der Waals surface area contributed by atoms with Crippen molar-refractivity contribution < 1.29 is 9.47 Å². The van der Waals surface area contributed by atoms with E-state index in [1.165, 1.54) is 19.3 Å². The third-order valence-corrected chi connectivity index (χ3v) is 3.51. The molecule has 1 aromatic rings. The molecule has 3 nitrogen and oxygen atoms in total. The Labute approximate surface area is 136 Å². The lowest BCUT2D eigenvalue weighted by Crippen LogP contribution is -2.36. The fourth-order valence-corrected chi connectivity index (χ4v) is 2.55. The second kappa shape index (κ2) is 9.73. The zero-order valence-electron chi connectivity index (χ0n) is 15.0. The van der Waals surface area contributed by atoms with Crippen LogP contribution in [-0.4, -0.2) is 38.3 Å². The second-order valence-electron chi connectivity index (χ2n) is 7.04. The summed E-state index contributed by atoms with van der Waals surface area (Å²) in [6.45, 7) is 13.0. The smallest absolute Gasteiger partial charge is 0.161 e. The molecule has 0 unspecified atom stereocenters. The maximum absolute atomic E-state index is 5.91. The van der Waals surface area contributed by atoms with E-state index in [4.69, 9.17) is 9.47 Å². The lowest BCUT2D eigenvalue weighted by molar-refractivity contribution is 0.156. The summed E-state index contributed by atoms with van der Waals surface area (Å²) >= 11 is 0. The van der Waals surface area contributed by atoms with Crippen molar-refractivity contribution in [3.8, 4) is 11.5 Å². The van der Waals surface area contributed by atoms with Gasteiger partial charge in [0.1, 0.15) is 6.61 Å². The van der Waals surface area contributed by atoms with E-state index in [1.54, 1.807) is 7.11 Å². The molecule has 0 radical (unpaired) electrons. The van der Waals surface area contributed by atoms with Gasteiger partial charge in [-0.3, -0.25) is 4.90 Å². The van der Waals surface area contributed by atoms with E-state index in [-0.39, 0.29) is 0 Å². The summed E-state index contributed by atoms with van der Waals surface area (Å²) in [4.78, 5) is 2.52. The molecule has 126 valence electrons. The van der Waals surface area contributed by atoms with Gasteiger partial charge in [0.2, 0.25) is 0 Å². The summed E-state index contributed by atoms with van der Waals surface area (Å²) in [5, 5.41) is 0. The van der Waals surface area contributed by atoms with Crippen LogP contribution in [0.1, 0.15) is 47.0 Å². The predicted molar refractivity (Wildman–Crippen MR) is 93.9 cm³/mol. The Kier molecular flexibility index (Phi) is 8.32. The van der Waals surface area contributed by atoms with E-state index in [0.29, 0.717) is 12.0 Å². The average molecular weight is 307 g/mol. The van der Waals surface area contributed by atoms with Crippen molar-refractivity contribution in [1.29, 1.82) is 0 Å². The molecule has 0 fully saturated rings. The van der Waals surface area contributed by atoms with Crippen molar-refractivity contribution in [3.05, 3.63) is 24.3 Å². The predicted octanol–water partition coefficient (Wildman–Crippen LogP) is 4.61. The number of ether oxygens (including phenoxy) is 2. The highest BCUT2D eigenvalue weighted by Crippen LogP contribution is 2.25. The number of unbranched alkanes of at least 4 members (excludes halogenated alkanes) is 2.